The van der Waals surface area contributed by atoms with Crippen LogP contribution in [0.15, 0.2) is 30.0 Å². The minimum atomic E-state index is -3.45. The number of nitrogens with zero attached hydrogens (tertiary/aromatic N) is 2. The van der Waals surface area contributed by atoms with E-state index in [-0.39, 0.29) is 11.3 Å². The van der Waals surface area contributed by atoms with E-state index in [1.807, 2.05) is 0 Å². The largest absolute Gasteiger partial charge is 0.495 e. The number of methoxy groups -OCH3 is 1. The Bertz CT molecular complexity index is 695. The lowest BCUT2D eigenvalue weighted by Gasteiger charge is -2.11. The monoisotopic (exact) mass is 292 g/mol. The Labute approximate surface area is 117 Å². The van der Waals surface area contributed by atoms with Crippen molar-refractivity contribution >= 4 is 21.4 Å². The number of hydrogen-bond acceptors (Lipinski definition) is 6. The molecule has 0 amide bonds. The molecule has 0 aliphatic rings. The zero-order chi connectivity index (χ0) is 15.2. The fourth-order valence-corrected chi connectivity index (χ4v) is 1.88. The van der Waals surface area contributed by atoms with E-state index in [0.29, 0.717) is 11.4 Å². The van der Waals surface area contributed by atoms with E-state index in [9.17, 15) is 8.42 Å². The molecule has 0 saturated carbocycles. The predicted molar refractivity (Wildman–Crippen MR) is 74.4 cm³/mol. The van der Waals surface area contributed by atoms with Crippen LogP contribution in [0.4, 0.5) is 11.4 Å². The summed E-state index contributed by atoms with van der Waals surface area (Å²) >= 11 is 0. The molecular weight excluding hydrogens is 280 g/mol. The summed E-state index contributed by atoms with van der Waals surface area (Å²) in [4.78, 5) is 0. The molecule has 0 fully saturated rings. The second-order valence-electron chi connectivity index (χ2n) is 3.72. The van der Waals surface area contributed by atoms with Crippen LogP contribution in [-0.4, -0.2) is 21.8 Å². The molecule has 0 bridgehead atoms. The number of nitrogens with one attached hydrogen (secondary N) is 2. The van der Waals surface area contributed by atoms with Gasteiger partial charge in [0.15, 0.2) is 0 Å². The molecule has 0 radical (unpaired) electrons. The van der Waals surface area contributed by atoms with Gasteiger partial charge in [-0.15, -0.1) is 0 Å². The third-order valence-corrected chi connectivity index (χ3v) is 2.71. The van der Waals surface area contributed by atoms with Crippen LogP contribution in [0.25, 0.3) is 0 Å². The average Bonchev–Trinajstić information content (AvgIpc) is 2.38. The van der Waals surface area contributed by atoms with E-state index in [2.05, 4.69) is 10.0 Å². The maximum atomic E-state index is 11.3. The van der Waals surface area contributed by atoms with Gasteiger partial charge in [-0.1, -0.05) is 0 Å². The molecule has 7 nitrogen and oxygen atoms in total. The number of benzene rings is 1. The minimum Gasteiger partial charge on any atom is -0.495 e. The van der Waals surface area contributed by atoms with Crippen LogP contribution in [-0.2, 0) is 10.0 Å². The van der Waals surface area contributed by atoms with Crippen molar-refractivity contribution in [2.75, 3.05) is 23.4 Å². The molecule has 0 unspecified atom stereocenters. The molecule has 2 N–H and O–H groups in total. The Morgan fingerprint density at radius 2 is 2.00 bits per heavy atom. The van der Waals surface area contributed by atoms with E-state index in [1.165, 1.54) is 19.4 Å². The van der Waals surface area contributed by atoms with Crippen LogP contribution in [0, 0.1) is 22.7 Å². The molecule has 20 heavy (non-hydrogen) atoms. The van der Waals surface area contributed by atoms with Gasteiger partial charge in [0.25, 0.3) is 0 Å². The van der Waals surface area contributed by atoms with Crippen molar-refractivity contribution in [2.45, 2.75) is 0 Å². The van der Waals surface area contributed by atoms with E-state index in [4.69, 9.17) is 15.3 Å². The second-order valence-corrected chi connectivity index (χ2v) is 5.46. The summed E-state index contributed by atoms with van der Waals surface area (Å²) in [5, 5.41) is 19.9. The zero-order valence-electron chi connectivity index (χ0n) is 10.8. The highest BCUT2D eigenvalue weighted by molar-refractivity contribution is 7.92. The lowest BCUT2D eigenvalue weighted by atomic mass is 10.2. The van der Waals surface area contributed by atoms with Gasteiger partial charge in [0.1, 0.15) is 23.5 Å². The summed E-state index contributed by atoms with van der Waals surface area (Å²) < 4.78 is 29.9. The summed E-state index contributed by atoms with van der Waals surface area (Å²) in [5.41, 5.74) is 0.655. The zero-order valence-corrected chi connectivity index (χ0v) is 11.7. The van der Waals surface area contributed by atoms with Crippen LogP contribution in [0.2, 0.25) is 0 Å². The molecule has 1 aromatic carbocycles. The molecule has 0 spiro atoms. The molecule has 1 aromatic rings. The van der Waals surface area contributed by atoms with Crippen LogP contribution in [0.1, 0.15) is 0 Å². The molecule has 0 aromatic heterocycles. The number of allylic oxidation sites excluding steroid dienone is 1. The van der Waals surface area contributed by atoms with Gasteiger partial charge in [0.2, 0.25) is 10.0 Å². The van der Waals surface area contributed by atoms with Crippen molar-refractivity contribution < 1.29 is 13.2 Å². The highest BCUT2D eigenvalue weighted by Gasteiger charge is 2.09. The Morgan fingerprint density at radius 1 is 1.35 bits per heavy atom. The summed E-state index contributed by atoms with van der Waals surface area (Å²) in [6.07, 6.45) is 2.25. The van der Waals surface area contributed by atoms with Crippen LogP contribution < -0.4 is 14.8 Å². The maximum absolute atomic E-state index is 11.3. The predicted octanol–water partition coefficient (Wildman–Crippen LogP) is 1.41. The van der Waals surface area contributed by atoms with Gasteiger partial charge in [-0.2, -0.15) is 10.5 Å². The van der Waals surface area contributed by atoms with Gasteiger partial charge >= 0.3 is 0 Å². The van der Waals surface area contributed by atoms with Crippen molar-refractivity contribution in [2.24, 2.45) is 0 Å². The topological polar surface area (TPSA) is 115 Å². The number of hydrogen-bond donors (Lipinski definition) is 2. The maximum Gasteiger partial charge on any atom is 0.229 e. The number of rotatable bonds is 5. The quantitative estimate of drug-likeness (QED) is 0.793. The first-order valence-corrected chi connectivity index (χ1v) is 7.21. The van der Waals surface area contributed by atoms with Crippen LogP contribution in [0.3, 0.4) is 0 Å². The highest BCUT2D eigenvalue weighted by atomic mass is 32.2. The van der Waals surface area contributed by atoms with Gasteiger partial charge in [-0.05, 0) is 18.2 Å². The lowest BCUT2D eigenvalue weighted by molar-refractivity contribution is 0.417. The molecule has 0 heterocycles. The van der Waals surface area contributed by atoms with Gasteiger partial charge in [-0.25, -0.2) is 8.42 Å². The first-order valence-electron chi connectivity index (χ1n) is 5.32. The Hall–Kier alpha value is -2.71. The fraction of sp³-hybridized carbons (Fsp3) is 0.167. The van der Waals surface area contributed by atoms with E-state index in [1.54, 1.807) is 24.3 Å². The van der Waals surface area contributed by atoms with Crippen molar-refractivity contribution in [3.05, 3.63) is 30.0 Å². The second kappa shape index (κ2) is 6.45. The third kappa shape index (κ3) is 4.52. The number of anilines is 2. The van der Waals surface area contributed by atoms with Gasteiger partial charge in [0, 0.05) is 11.9 Å². The summed E-state index contributed by atoms with van der Waals surface area (Å²) in [6.45, 7) is 0. The normalized spacial score (nSPS) is 9.80. The summed E-state index contributed by atoms with van der Waals surface area (Å²) in [5.74, 6) is 0.353. The standard InChI is InChI=1S/C12H12N4O3S/c1-19-12-4-3-10(15-8-9(6-13)7-14)5-11(12)16-20(2,17)18/h3-5,8,15-16H,1-2H3. The van der Waals surface area contributed by atoms with Gasteiger partial charge in [0.05, 0.1) is 19.1 Å². The molecule has 8 heteroatoms. The number of ether oxygens (including phenoxy) is 1. The fourth-order valence-electron chi connectivity index (χ4n) is 1.32. The molecule has 104 valence electrons. The van der Waals surface area contributed by atoms with Crippen LogP contribution in [0.5, 0.6) is 5.75 Å². The van der Waals surface area contributed by atoms with E-state index < -0.39 is 10.0 Å². The van der Waals surface area contributed by atoms with Crippen molar-refractivity contribution in [1.82, 2.24) is 0 Å². The van der Waals surface area contributed by atoms with Crippen LogP contribution >= 0.6 is 0 Å². The summed E-state index contributed by atoms with van der Waals surface area (Å²) in [6, 6.07) is 8.06. The first-order chi connectivity index (χ1) is 9.39. The smallest absolute Gasteiger partial charge is 0.229 e. The molecule has 0 atom stereocenters. The van der Waals surface area contributed by atoms with E-state index in [0.717, 1.165) is 6.26 Å². The third-order valence-electron chi connectivity index (χ3n) is 2.12. The number of nitriles is 2. The Balaban J connectivity index is 3.08. The number of sulfonamides is 1. The van der Waals surface area contributed by atoms with Gasteiger partial charge in [-0.3, -0.25) is 4.72 Å². The molecule has 0 aliphatic heterocycles. The van der Waals surface area contributed by atoms with Crippen molar-refractivity contribution in [3.8, 4) is 17.9 Å². The Morgan fingerprint density at radius 3 is 2.50 bits per heavy atom. The SMILES string of the molecule is COc1ccc(NC=C(C#N)C#N)cc1NS(C)(=O)=O. The minimum absolute atomic E-state index is 0.0987. The first kappa shape index (κ1) is 15.3. The van der Waals surface area contributed by atoms with Crippen molar-refractivity contribution in [3.63, 3.8) is 0 Å². The Kier molecular flexibility index (Phi) is 4.95. The summed E-state index contributed by atoms with van der Waals surface area (Å²) in [7, 11) is -2.03. The van der Waals surface area contributed by atoms with Gasteiger partial charge < -0.3 is 10.1 Å². The molecule has 0 aliphatic carbocycles. The lowest BCUT2D eigenvalue weighted by Crippen LogP contribution is -2.10. The average molecular weight is 292 g/mol. The molecule has 0 saturated heterocycles. The molecule has 1 rings (SSSR count). The highest BCUT2D eigenvalue weighted by Crippen LogP contribution is 2.28. The van der Waals surface area contributed by atoms with E-state index >= 15 is 0 Å². The molecular formula is C12H12N4O3S. The van der Waals surface area contributed by atoms with Crippen molar-refractivity contribution in [1.29, 1.82) is 10.5 Å².